The first kappa shape index (κ1) is 19.4. The van der Waals surface area contributed by atoms with Gasteiger partial charge in [-0.05, 0) is 37.1 Å². The second kappa shape index (κ2) is 9.01. The quantitative estimate of drug-likeness (QED) is 0.734. The number of nitrogens with one attached hydrogen (secondary N) is 2. The fraction of sp³-hybridized carbons (Fsp3) is 0.421. The van der Waals surface area contributed by atoms with Gasteiger partial charge in [0.15, 0.2) is 11.6 Å². The molecule has 2 atom stereocenters. The Hall–Kier alpha value is -2.38. The summed E-state index contributed by atoms with van der Waals surface area (Å²) in [6.45, 7) is 1.76. The van der Waals surface area contributed by atoms with Crippen LogP contribution in [0.2, 0.25) is 5.02 Å². The molecule has 8 heteroatoms. The molecule has 7 nitrogen and oxygen atoms in total. The van der Waals surface area contributed by atoms with Gasteiger partial charge in [-0.1, -0.05) is 23.7 Å². The lowest BCUT2D eigenvalue weighted by atomic mass is 10.00. The Kier molecular flexibility index (Phi) is 6.47. The lowest BCUT2D eigenvalue weighted by molar-refractivity contribution is -0.142. The number of nitrogens with zero attached hydrogens (tertiary/aromatic N) is 1. The zero-order chi connectivity index (χ0) is 19.2. The molecule has 144 valence electrons. The van der Waals surface area contributed by atoms with Gasteiger partial charge >= 0.3 is 5.97 Å². The number of methoxy groups -OCH3 is 1. The highest BCUT2D eigenvalue weighted by Crippen LogP contribution is 2.22. The topological polar surface area (TPSA) is 93.5 Å². The molecule has 3 rings (SSSR count). The molecule has 0 spiro atoms. The average Bonchev–Trinajstić information content (AvgIpc) is 3.19. The molecule has 0 bridgehead atoms. The van der Waals surface area contributed by atoms with Crippen LogP contribution in [0.5, 0.6) is 0 Å². The molecule has 1 saturated heterocycles. The molecular weight excluding hydrogens is 370 g/mol. The highest BCUT2D eigenvalue weighted by Gasteiger charge is 2.26. The van der Waals surface area contributed by atoms with Crippen molar-refractivity contribution in [3.8, 4) is 0 Å². The first-order valence-electron chi connectivity index (χ1n) is 8.86. The van der Waals surface area contributed by atoms with Gasteiger partial charge in [0.2, 0.25) is 0 Å². The van der Waals surface area contributed by atoms with Crippen LogP contribution >= 0.6 is 11.6 Å². The van der Waals surface area contributed by atoms with E-state index in [0.29, 0.717) is 10.9 Å². The van der Waals surface area contributed by atoms with Crippen LogP contribution < -0.4 is 10.6 Å². The van der Waals surface area contributed by atoms with Gasteiger partial charge in [-0.25, -0.2) is 9.78 Å². The van der Waals surface area contributed by atoms with E-state index in [1.165, 1.54) is 13.4 Å². The Bertz CT molecular complexity index is 785. The van der Waals surface area contributed by atoms with Crippen molar-refractivity contribution in [2.24, 2.45) is 0 Å². The van der Waals surface area contributed by atoms with E-state index in [1.54, 1.807) is 24.3 Å². The van der Waals surface area contributed by atoms with Crippen LogP contribution in [0.25, 0.3) is 0 Å². The molecule has 1 fully saturated rings. The summed E-state index contributed by atoms with van der Waals surface area (Å²) >= 11 is 5.88. The summed E-state index contributed by atoms with van der Waals surface area (Å²) in [4.78, 5) is 28.9. The lowest BCUT2D eigenvalue weighted by Gasteiger charge is -2.19. The number of carbonyl (C=O) groups excluding carboxylic acids is 2. The molecule has 2 unspecified atom stereocenters. The minimum absolute atomic E-state index is 0.153. The average molecular weight is 392 g/mol. The van der Waals surface area contributed by atoms with Gasteiger partial charge in [0.25, 0.3) is 5.91 Å². The number of aromatic nitrogens is 1. The number of rotatable bonds is 6. The van der Waals surface area contributed by atoms with Crippen LogP contribution in [-0.4, -0.2) is 43.1 Å². The molecule has 1 aliphatic heterocycles. The second-order valence-electron chi connectivity index (χ2n) is 6.49. The first-order valence-corrected chi connectivity index (χ1v) is 9.24. The third-order valence-corrected chi connectivity index (χ3v) is 4.80. The van der Waals surface area contributed by atoms with Crippen LogP contribution in [0.4, 0.5) is 0 Å². The molecular formula is C19H22ClN3O4. The normalized spacial score (nSPS) is 17.9. The summed E-state index contributed by atoms with van der Waals surface area (Å²) in [6, 6.07) is 6.23. The summed E-state index contributed by atoms with van der Waals surface area (Å²) in [6.07, 6.45) is 3.62. The van der Waals surface area contributed by atoms with Gasteiger partial charge in [-0.2, -0.15) is 0 Å². The van der Waals surface area contributed by atoms with Gasteiger partial charge < -0.3 is 19.8 Å². The number of esters is 1. The van der Waals surface area contributed by atoms with Crippen LogP contribution in [-0.2, 0) is 16.0 Å². The van der Waals surface area contributed by atoms with E-state index in [2.05, 4.69) is 15.6 Å². The lowest BCUT2D eigenvalue weighted by Crippen LogP contribution is -2.43. The Morgan fingerprint density at radius 1 is 1.41 bits per heavy atom. The van der Waals surface area contributed by atoms with Crippen molar-refractivity contribution in [2.45, 2.75) is 31.2 Å². The number of carbonyl (C=O) groups is 2. The molecule has 1 aromatic carbocycles. The van der Waals surface area contributed by atoms with Crippen LogP contribution in [0.15, 0.2) is 34.9 Å². The van der Waals surface area contributed by atoms with Gasteiger partial charge in [-0.15, -0.1) is 0 Å². The predicted molar refractivity (Wildman–Crippen MR) is 99.8 cm³/mol. The number of amides is 1. The maximum Gasteiger partial charge on any atom is 0.328 e. The molecule has 0 saturated carbocycles. The molecule has 1 aliphatic rings. The maximum absolute atomic E-state index is 12.5. The third-order valence-electron chi connectivity index (χ3n) is 4.54. The molecule has 1 amide bonds. The van der Waals surface area contributed by atoms with Crippen LogP contribution in [0.1, 0.15) is 40.7 Å². The number of hydrogen-bond donors (Lipinski definition) is 2. The standard InChI is InChI=1S/C19H22ClN3O4/c1-26-19(25)15(9-12-4-6-14(20)7-5-12)22-17(24)16-11-27-18(23-16)13-3-2-8-21-10-13/h4-7,11,13,15,21H,2-3,8-10H2,1H3,(H,22,24). The Morgan fingerprint density at radius 3 is 2.85 bits per heavy atom. The fourth-order valence-electron chi connectivity index (χ4n) is 3.07. The van der Waals surface area contributed by atoms with Crippen molar-refractivity contribution in [1.29, 1.82) is 0 Å². The number of hydrogen-bond acceptors (Lipinski definition) is 6. The van der Waals surface area contributed by atoms with E-state index in [-0.39, 0.29) is 18.0 Å². The SMILES string of the molecule is COC(=O)C(Cc1ccc(Cl)cc1)NC(=O)c1coc(C2CCCNC2)n1. The van der Waals surface area contributed by atoms with E-state index in [0.717, 1.165) is 31.5 Å². The minimum Gasteiger partial charge on any atom is -0.467 e. The van der Waals surface area contributed by atoms with E-state index in [1.807, 2.05) is 0 Å². The summed E-state index contributed by atoms with van der Waals surface area (Å²) in [7, 11) is 1.29. The monoisotopic (exact) mass is 391 g/mol. The molecule has 2 aromatic rings. The van der Waals surface area contributed by atoms with Crippen LogP contribution in [0, 0.1) is 0 Å². The molecule has 2 heterocycles. The van der Waals surface area contributed by atoms with E-state index < -0.39 is 17.9 Å². The van der Waals surface area contributed by atoms with Crippen molar-refractivity contribution in [2.75, 3.05) is 20.2 Å². The largest absolute Gasteiger partial charge is 0.467 e. The van der Waals surface area contributed by atoms with Gasteiger partial charge in [0.1, 0.15) is 12.3 Å². The van der Waals surface area contributed by atoms with Crippen molar-refractivity contribution in [3.05, 3.63) is 52.7 Å². The molecule has 27 heavy (non-hydrogen) atoms. The van der Waals surface area contributed by atoms with Gasteiger partial charge in [0.05, 0.1) is 7.11 Å². The Morgan fingerprint density at radius 2 is 2.19 bits per heavy atom. The minimum atomic E-state index is -0.833. The number of halogens is 1. The zero-order valence-corrected chi connectivity index (χ0v) is 15.8. The third kappa shape index (κ3) is 5.08. The first-order chi connectivity index (χ1) is 13.1. The molecule has 1 aromatic heterocycles. The molecule has 0 radical (unpaired) electrons. The predicted octanol–water partition coefficient (Wildman–Crippen LogP) is 2.31. The van der Waals surface area contributed by atoms with E-state index in [4.69, 9.17) is 20.8 Å². The van der Waals surface area contributed by atoms with Crippen molar-refractivity contribution in [3.63, 3.8) is 0 Å². The molecule has 2 N–H and O–H groups in total. The second-order valence-corrected chi connectivity index (χ2v) is 6.93. The van der Waals surface area contributed by atoms with Gasteiger partial charge in [0, 0.05) is 23.9 Å². The Balaban J connectivity index is 1.67. The van der Waals surface area contributed by atoms with E-state index >= 15 is 0 Å². The number of oxazole rings is 1. The summed E-state index contributed by atoms with van der Waals surface area (Å²) in [5.74, 6) is -0.304. The number of ether oxygens (including phenoxy) is 1. The molecule has 0 aliphatic carbocycles. The van der Waals surface area contributed by atoms with Crippen molar-refractivity contribution in [1.82, 2.24) is 15.6 Å². The number of piperidine rings is 1. The van der Waals surface area contributed by atoms with Gasteiger partial charge in [-0.3, -0.25) is 4.79 Å². The summed E-state index contributed by atoms with van der Waals surface area (Å²) < 4.78 is 10.3. The highest BCUT2D eigenvalue weighted by molar-refractivity contribution is 6.30. The zero-order valence-electron chi connectivity index (χ0n) is 15.0. The highest BCUT2D eigenvalue weighted by atomic mass is 35.5. The van der Waals surface area contributed by atoms with Crippen molar-refractivity contribution >= 4 is 23.5 Å². The summed E-state index contributed by atoms with van der Waals surface area (Å²) in [5.41, 5.74) is 1.00. The number of benzene rings is 1. The van der Waals surface area contributed by atoms with Crippen molar-refractivity contribution < 1.29 is 18.7 Å². The fourth-order valence-corrected chi connectivity index (χ4v) is 3.19. The smallest absolute Gasteiger partial charge is 0.328 e. The van der Waals surface area contributed by atoms with Crippen LogP contribution in [0.3, 0.4) is 0 Å². The van der Waals surface area contributed by atoms with E-state index in [9.17, 15) is 9.59 Å². The summed E-state index contributed by atoms with van der Waals surface area (Å²) in [5, 5.41) is 6.57. The maximum atomic E-state index is 12.5. The Labute approximate surface area is 162 Å².